The summed E-state index contributed by atoms with van der Waals surface area (Å²) < 4.78 is 0. The van der Waals surface area contributed by atoms with Gasteiger partial charge in [0.15, 0.2) is 0 Å². The van der Waals surface area contributed by atoms with Gasteiger partial charge >= 0.3 is 0 Å². The summed E-state index contributed by atoms with van der Waals surface area (Å²) in [5.74, 6) is 0.839. The predicted octanol–water partition coefficient (Wildman–Crippen LogP) is 0.782. The first kappa shape index (κ1) is 5.29. The van der Waals surface area contributed by atoms with Crippen LogP contribution in [-0.4, -0.2) is 5.96 Å². The zero-order valence-electron chi connectivity index (χ0n) is 5.33. The van der Waals surface area contributed by atoms with Gasteiger partial charge in [0, 0.05) is 0 Å². The van der Waals surface area contributed by atoms with Crippen LogP contribution in [0.4, 0.5) is 5.69 Å². The maximum Gasteiger partial charge on any atom is 0.234 e. The Morgan fingerprint density at radius 1 is 1.00 bits per heavy atom. The topological polar surface area (TPSA) is 56.2 Å². The molecule has 0 aromatic heterocycles. The Kier molecular flexibility index (Phi) is 1.07. The fraction of sp³-hybridized carbons (Fsp3) is 0. The second kappa shape index (κ2) is 2.02. The Bertz CT molecular complexity index is 247. The molecule has 0 saturated carbocycles. The third kappa shape index (κ3) is 1.07. The second-order valence-corrected chi connectivity index (χ2v) is 2.05. The lowest BCUT2D eigenvalue weighted by atomic mass is 10.3. The molecule has 2 rings (SSSR count). The van der Waals surface area contributed by atoms with E-state index >= 15 is 0 Å². The molecule has 0 amide bonds. The molecule has 1 fully saturated rings. The fourth-order valence-corrected chi connectivity index (χ4v) is 0.715. The van der Waals surface area contributed by atoms with Crippen LogP contribution in [0.2, 0.25) is 0 Å². The van der Waals surface area contributed by atoms with Gasteiger partial charge in [-0.25, -0.2) is 4.99 Å². The zero-order chi connectivity index (χ0) is 6.81. The highest BCUT2D eigenvalue weighted by Gasteiger charge is 2.08. The fourth-order valence-electron chi connectivity index (χ4n) is 0.715. The molecule has 3 nitrogen and oxygen atoms in total. The standard InChI is InChI=1S/C7H7N3/c1-2-4-6(5-3-1)8-7-9-10-7/h1-5H,(H2,8,9,10). The molecule has 0 bridgehead atoms. The monoisotopic (exact) mass is 133 g/mol. The quantitative estimate of drug-likeness (QED) is 0.556. The van der Waals surface area contributed by atoms with Gasteiger partial charge < -0.3 is 0 Å². The molecule has 0 radical (unpaired) electrons. The molecule has 0 unspecified atom stereocenters. The van der Waals surface area contributed by atoms with Crippen LogP contribution in [0.5, 0.6) is 0 Å². The van der Waals surface area contributed by atoms with E-state index in [0.717, 1.165) is 11.6 Å². The molecule has 1 aliphatic rings. The first-order valence-electron chi connectivity index (χ1n) is 3.11. The molecule has 0 atom stereocenters. The number of nitrogens with zero attached hydrogens (tertiary/aromatic N) is 1. The number of para-hydroxylation sites is 1. The van der Waals surface area contributed by atoms with Gasteiger partial charge in [0.05, 0.1) is 5.69 Å². The van der Waals surface area contributed by atoms with E-state index in [1.165, 1.54) is 0 Å². The first-order chi connectivity index (χ1) is 4.95. The van der Waals surface area contributed by atoms with E-state index in [-0.39, 0.29) is 0 Å². The van der Waals surface area contributed by atoms with Crippen molar-refractivity contribution in [2.24, 2.45) is 4.99 Å². The minimum absolute atomic E-state index is 0.839. The first-order valence-corrected chi connectivity index (χ1v) is 3.11. The predicted molar refractivity (Wildman–Crippen MR) is 39.8 cm³/mol. The number of aliphatic imine (C=N–C) groups is 1. The summed E-state index contributed by atoms with van der Waals surface area (Å²) in [4.78, 5) is 4.16. The largest absolute Gasteiger partial charge is 0.266 e. The van der Waals surface area contributed by atoms with Gasteiger partial charge in [-0.1, -0.05) is 18.2 Å². The zero-order valence-corrected chi connectivity index (χ0v) is 5.33. The van der Waals surface area contributed by atoms with Crippen molar-refractivity contribution >= 4 is 11.6 Å². The van der Waals surface area contributed by atoms with Gasteiger partial charge in [0.1, 0.15) is 0 Å². The van der Waals surface area contributed by atoms with Gasteiger partial charge in [0.2, 0.25) is 5.96 Å². The van der Waals surface area contributed by atoms with Crippen LogP contribution in [-0.2, 0) is 0 Å². The van der Waals surface area contributed by atoms with Crippen molar-refractivity contribution in [3.05, 3.63) is 30.3 Å². The highest BCUT2D eigenvalue weighted by molar-refractivity contribution is 5.92. The lowest BCUT2D eigenvalue weighted by molar-refractivity contribution is 1.17. The van der Waals surface area contributed by atoms with Gasteiger partial charge in [-0.3, -0.25) is 10.9 Å². The van der Waals surface area contributed by atoms with Crippen molar-refractivity contribution in [1.29, 1.82) is 0 Å². The highest BCUT2D eigenvalue weighted by atomic mass is 15.6. The molecular formula is C7H7N3. The van der Waals surface area contributed by atoms with Crippen LogP contribution >= 0.6 is 0 Å². The van der Waals surface area contributed by atoms with Gasteiger partial charge in [-0.2, -0.15) is 0 Å². The molecule has 1 saturated heterocycles. The van der Waals surface area contributed by atoms with Crippen molar-refractivity contribution in [1.82, 2.24) is 10.9 Å². The Morgan fingerprint density at radius 2 is 1.70 bits per heavy atom. The van der Waals surface area contributed by atoms with E-state index in [2.05, 4.69) is 15.8 Å². The SMILES string of the molecule is c1ccc(N=C2NN2)cc1. The molecule has 0 aliphatic carbocycles. The van der Waals surface area contributed by atoms with E-state index in [0.29, 0.717) is 0 Å². The summed E-state index contributed by atoms with van der Waals surface area (Å²) >= 11 is 0. The molecule has 50 valence electrons. The Balaban J connectivity index is 2.26. The summed E-state index contributed by atoms with van der Waals surface area (Å²) in [5, 5.41) is 0. The van der Waals surface area contributed by atoms with Crippen molar-refractivity contribution in [2.45, 2.75) is 0 Å². The summed E-state index contributed by atoms with van der Waals surface area (Å²) in [6, 6.07) is 9.80. The van der Waals surface area contributed by atoms with Gasteiger partial charge in [0.25, 0.3) is 0 Å². The maximum atomic E-state index is 4.16. The van der Waals surface area contributed by atoms with E-state index < -0.39 is 0 Å². The lowest BCUT2D eigenvalue weighted by Gasteiger charge is -1.85. The molecule has 2 N–H and O–H groups in total. The van der Waals surface area contributed by atoms with E-state index in [9.17, 15) is 0 Å². The number of nitrogens with one attached hydrogen (secondary N) is 2. The number of rotatable bonds is 1. The number of guanidine groups is 1. The highest BCUT2D eigenvalue weighted by Crippen LogP contribution is 2.09. The van der Waals surface area contributed by atoms with E-state index in [4.69, 9.17) is 0 Å². The van der Waals surface area contributed by atoms with Crippen molar-refractivity contribution < 1.29 is 0 Å². The van der Waals surface area contributed by atoms with Crippen LogP contribution in [0.15, 0.2) is 35.3 Å². The van der Waals surface area contributed by atoms with Crippen LogP contribution in [0.3, 0.4) is 0 Å². The number of hydrogen-bond acceptors (Lipinski definition) is 1. The number of benzene rings is 1. The molecule has 1 aromatic carbocycles. The van der Waals surface area contributed by atoms with Gasteiger partial charge in [-0.15, -0.1) is 0 Å². The molecule has 1 aliphatic heterocycles. The third-order valence-electron chi connectivity index (χ3n) is 1.23. The van der Waals surface area contributed by atoms with Crippen LogP contribution in [0, 0.1) is 0 Å². The molecule has 0 spiro atoms. The normalized spacial score (nSPS) is 13.4. The molecule has 1 heterocycles. The van der Waals surface area contributed by atoms with Crippen LogP contribution in [0.1, 0.15) is 0 Å². The van der Waals surface area contributed by atoms with Crippen molar-refractivity contribution in [3.8, 4) is 0 Å². The van der Waals surface area contributed by atoms with Gasteiger partial charge in [-0.05, 0) is 12.1 Å². The molecular weight excluding hydrogens is 126 g/mol. The van der Waals surface area contributed by atoms with E-state index in [1.807, 2.05) is 30.3 Å². The summed E-state index contributed by atoms with van der Waals surface area (Å²) in [6.07, 6.45) is 0. The smallest absolute Gasteiger partial charge is 0.234 e. The summed E-state index contributed by atoms with van der Waals surface area (Å²) in [6.45, 7) is 0. The van der Waals surface area contributed by atoms with Crippen molar-refractivity contribution in [2.75, 3.05) is 0 Å². The summed E-state index contributed by atoms with van der Waals surface area (Å²) in [5.41, 5.74) is 6.53. The number of hydrogen-bond donors (Lipinski definition) is 2. The lowest BCUT2D eigenvalue weighted by Crippen LogP contribution is -1.73. The molecule has 1 aromatic rings. The Hall–Kier alpha value is -1.51. The van der Waals surface area contributed by atoms with Crippen LogP contribution < -0.4 is 10.9 Å². The summed E-state index contributed by atoms with van der Waals surface area (Å²) in [7, 11) is 0. The second-order valence-electron chi connectivity index (χ2n) is 2.05. The third-order valence-corrected chi connectivity index (χ3v) is 1.23. The van der Waals surface area contributed by atoms with E-state index in [1.54, 1.807) is 0 Å². The minimum atomic E-state index is 0.839. The molecule has 10 heavy (non-hydrogen) atoms. The Labute approximate surface area is 58.8 Å². The average Bonchev–Trinajstić information content (AvgIpc) is 2.74. The van der Waals surface area contributed by atoms with Crippen LogP contribution in [0.25, 0.3) is 0 Å². The molecule has 3 heteroatoms. The number of hydrazine groups is 1. The Morgan fingerprint density at radius 3 is 2.30 bits per heavy atom. The van der Waals surface area contributed by atoms with Crippen molar-refractivity contribution in [3.63, 3.8) is 0 Å². The minimum Gasteiger partial charge on any atom is -0.266 e. The maximum absolute atomic E-state index is 4.16. The average molecular weight is 133 g/mol.